The van der Waals surface area contributed by atoms with E-state index in [1.165, 1.54) is 0 Å². The van der Waals surface area contributed by atoms with Gasteiger partial charge in [0.05, 0.1) is 8.96 Å². The van der Waals surface area contributed by atoms with Crippen LogP contribution in [-0.2, 0) is 4.79 Å². The summed E-state index contributed by atoms with van der Waals surface area (Å²) in [5.74, 6) is 0.00926. The number of hydrogen-bond acceptors (Lipinski definition) is 1. The molecule has 0 unspecified atom stereocenters. The molecular weight excluding hydrogens is 284 g/mol. The zero-order valence-corrected chi connectivity index (χ0v) is 10.8. The molecule has 0 N–H and O–H groups in total. The van der Waals surface area contributed by atoms with Crippen molar-refractivity contribution in [1.82, 2.24) is 0 Å². The predicted octanol–water partition coefficient (Wildman–Crippen LogP) is 3.93. The van der Waals surface area contributed by atoms with Crippen molar-refractivity contribution in [1.29, 1.82) is 0 Å². The van der Waals surface area contributed by atoms with Crippen molar-refractivity contribution in [3.05, 3.63) is 20.1 Å². The number of rotatable bonds is 2. The molecule has 0 rings (SSSR count). The molecule has 0 saturated heterocycles. The Morgan fingerprint density at radius 1 is 0.833 bits per heavy atom. The van der Waals surface area contributed by atoms with Gasteiger partial charge in [-0.2, -0.15) is 0 Å². The van der Waals surface area contributed by atoms with E-state index in [-0.39, 0.29) is 5.78 Å². The molecule has 12 heavy (non-hydrogen) atoms. The third-order valence-electron chi connectivity index (χ3n) is 1.28. The largest absolute Gasteiger partial charge is 0.287 e. The Hall–Kier alpha value is 0.110. The molecule has 0 fully saturated rings. The molecule has 0 aromatic rings. The molecular formula is C9H12Br2O. The molecule has 0 aliphatic carbocycles. The first-order chi connectivity index (χ1) is 5.37. The summed E-state index contributed by atoms with van der Waals surface area (Å²) in [6.45, 7) is 7.58. The quantitative estimate of drug-likeness (QED) is 0.706. The molecule has 68 valence electrons. The standard InChI is InChI=1S/C9H12Br2O/c1-5(2)7(10)9(12)8(11)6(3)4/h1-4H3. The molecule has 0 heterocycles. The molecule has 3 heteroatoms. The van der Waals surface area contributed by atoms with Gasteiger partial charge in [0.2, 0.25) is 5.78 Å². The number of Topliss-reactive ketones (excluding diaryl/α,β-unsaturated/α-hetero) is 1. The summed E-state index contributed by atoms with van der Waals surface area (Å²) in [5.41, 5.74) is 1.97. The SMILES string of the molecule is CC(C)=C(Br)C(=O)C(Br)=C(C)C. The normalized spacial score (nSPS) is 9.17. The van der Waals surface area contributed by atoms with E-state index in [0.717, 1.165) is 11.1 Å². The number of halogens is 2. The second-order valence-electron chi connectivity index (χ2n) is 2.96. The van der Waals surface area contributed by atoms with Crippen molar-refractivity contribution in [2.45, 2.75) is 27.7 Å². The Bertz CT molecular complexity index is 228. The lowest BCUT2D eigenvalue weighted by molar-refractivity contribution is -0.110. The average molecular weight is 296 g/mol. The molecule has 0 bridgehead atoms. The first-order valence-electron chi connectivity index (χ1n) is 3.58. The Morgan fingerprint density at radius 2 is 1.08 bits per heavy atom. The first kappa shape index (κ1) is 12.1. The number of carbonyl (C=O) groups excluding carboxylic acids is 1. The molecule has 0 aromatic carbocycles. The lowest BCUT2D eigenvalue weighted by atomic mass is 10.2. The smallest absolute Gasteiger partial charge is 0.206 e. The van der Waals surface area contributed by atoms with Crippen molar-refractivity contribution in [3.8, 4) is 0 Å². The van der Waals surface area contributed by atoms with E-state index in [2.05, 4.69) is 31.9 Å². The van der Waals surface area contributed by atoms with Crippen LogP contribution in [0.5, 0.6) is 0 Å². The second-order valence-corrected chi connectivity index (χ2v) is 4.54. The summed E-state index contributed by atoms with van der Waals surface area (Å²) in [6, 6.07) is 0. The first-order valence-corrected chi connectivity index (χ1v) is 5.17. The van der Waals surface area contributed by atoms with Gasteiger partial charge in [-0.1, -0.05) is 11.1 Å². The van der Waals surface area contributed by atoms with E-state index in [1.54, 1.807) is 0 Å². The van der Waals surface area contributed by atoms with Gasteiger partial charge in [0.15, 0.2) is 0 Å². The highest BCUT2D eigenvalue weighted by molar-refractivity contribution is 9.13. The van der Waals surface area contributed by atoms with E-state index < -0.39 is 0 Å². The number of hydrogen-bond donors (Lipinski definition) is 0. The maximum atomic E-state index is 11.5. The third-order valence-corrected chi connectivity index (χ3v) is 3.58. The van der Waals surface area contributed by atoms with Crippen molar-refractivity contribution in [2.24, 2.45) is 0 Å². The number of carbonyl (C=O) groups is 1. The van der Waals surface area contributed by atoms with E-state index >= 15 is 0 Å². The highest BCUT2D eigenvalue weighted by Gasteiger charge is 2.12. The highest BCUT2D eigenvalue weighted by Crippen LogP contribution is 2.22. The summed E-state index contributed by atoms with van der Waals surface area (Å²) < 4.78 is 1.27. The zero-order chi connectivity index (χ0) is 9.89. The number of allylic oxidation sites excluding steroid dienone is 4. The summed E-state index contributed by atoms with van der Waals surface area (Å²) in [4.78, 5) is 11.5. The molecule has 0 atom stereocenters. The lowest BCUT2D eigenvalue weighted by Gasteiger charge is -2.01. The zero-order valence-electron chi connectivity index (χ0n) is 7.66. The van der Waals surface area contributed by atoms with Gasteiger partial charge in [-0.3, -0.25) is 4.79 Å². The van der Waals surface area contributed by atoms with E-state index in [1.807, 2.05) is 27.7 Å². The van der Waals surface area contributed by atoms with Crippen LogP contribution in [0.15, 0.2) is 20.1 Å². The van der Waals surface area contributed by atoms with E-state index in [9.17, 15) is 4.79 Å². The van der Waals surface area contributed by atoms with Gasteiger partial charge in [-0.25, -0.2) is 0 Å². The van der Waals surface area contributed by atoms with E-state index in [0.29, 0.717) is 8.96 Å². The van der Waals surface area contributed by atoms with Gasteiger partial charge < -0.3 is 0 Å². The number of ketones is 1. The van der Waals surface area contributed by atoms with Crippen molar-refractivity contribution < 1.29 is 4.79 Å². The molecule has 0 aliphatic heterocycles. The molecule has 0 radical (unpaired) electrons. The van der Waals surface area contributed by atoms with Gasteiger partial charge in [-0.05, 0) is 59.6 Å². The lowest BCUT2D eigenvalue weighted by Crippen LogP contribution is -1.99. The average Bonchev–Trinajstić information content (AvgIpc) is 2.00. The minimum absolute atomic E-state index is 0.00926. The summed E-state index contributed by atoms with van der Waals surface area (Å²) in [6.07, 6.45) is 0. The summed E-state index contributed by atoms with van der Waals surface area (Å²) in [7, 11) is 0. The van der Waals surface area contributed by atoms with Gasteiger partial charge in [0, 0.05) is 0 Å². The minimum Gasteiger partial charge on any atom is -0.287 e. The molecule has 0 aromatic heterocycles. The van der Waals surface area contributed by atoms with Gasteiger partial charge >= 0.3 is 0 Å². The fraction of sp³-hybridized carbons (Fsp3) is 0.444. The molecule has 0 spiro atoms. The molecule has 0 saturated carbocycles. The van der Waals surface area contributed by atoms with Crippen LogP contribution in [0.3, 0.4) is 0 Å². The molecule has 0 aliphatic rings. The Balaban J connectivity index is 4.90. The van der Waals surface area contributed by atoms with Gasteiger partial charge in [-0.15, -0.1) is 0 Å². The van der Waals surface area contributed by atoms with Crippen LogP contribution >= 0.6 is 31.9 Å². The maximum Gasteiger partial charge on any atom is 0.206 e. The summed E-state index contributed by atoms with van der Waals surface area (Å²) in [5, 5.41) is 0. The van der Waals surface area contributed by atoms with Crippen LogP contribution in [0.25, 0.3) is 0 Å². The van der Waals surface area contributed by atoms with Gasteiger partial charge in [0.25, 0.3) is 0 Å². The van der Waals surface area contributed by atoms with Crippen LogP contribution in [0.2, 0.25) is 0 Å². The third kappa shape index (κ3) is 3.23. The molecule has 1 nitrogen and oxygen atoms in total. The maximum absolute atomic E-state index is 11.5. The molecule has 0 amide bonds. The predicted molar refractivity (Wildman–Crippen MR) is 59.6 cm³/mol. The van der Waals surface area contributed by atoms with Crippen LogP contribution in [-0.4, -0.2) is 5.78 Å². The monoisotopic (exact) mass is 294 g/mol. The fourth-order valence-electron chi connectivity index (χ4n) is 0.550. The minimum atomic E-state index is 0.00926. The Morgan fingerprint density at radius 3 is 1.25 bits per heavy atom. The summed E-state index contributed by atoms with van der Waals surface area (Å²) >= 11 is 6.48. The second kappa shape index (κ2) is 4.97. The topological polar surface area (TPSA) is 17.1 Å². The van der Waals surface area contributed by atoms with Gasteiger partial charge in [0.1, 0.15) is 0 Å². The Kier molecular flexibility index (Phi) is 5.02. The van der Waals surface area contributed by atoms with Crippen molar-refractivity contribution in [3.63, 3.8) is 0 Å². The van der Waals surface area contributed by atoms with Crippen LogP contribution in [0.4, 0.5) is 0 Å². The van der Waals surface area contributed by atoms with Crippen molar-refractivity contribution in [2.75, 3.05) is 0 Å². The highest BCUT2D eigenvalue weighted by atomic mass is 79.9. The van der Waals surface area contributed by atoms with Crippen LogP contribution in [0, 0.1) is 0 Å². The fourth-order valence-corrected chi connectivity index (χ4v) is 1.21. The van der Waals surface area contributed by atoms with E-state index in [4.69, 9.17) is 0 Å². The van der Waals surface area contributed by atoms with Crippen LogP contribution in [0.1, 0.15) is 27.7 Å². The van der Waals surface area contributed by atoms with Crippen molar-refractivity contribution >= 4 is 37.6 Å². The van der Waals surface area contributed by atoms with Crippen LogP contribution < -0.4 is 0 Å². The Labute approximate surface area is 90.2 Å².